The van der Waals surface area contributed by atoms with Crippen molar-refractivity contribution in [2.24, 2.45) is 28.3 Å². The standard InChI is InChI=1S/C20H38N6O5/c1-11(2)9-15(24-13(5)27)17(28)26-16(10-12(3)4)18(29)25-14(19(30)31)7-6-8-23-20(21)22/h11-12,14-16H,6-10H2,1-5H3,(H,24,27)(H,25,29)(H,26,28)(H,30,31)(H4,21,22,23)/t14?,15-,16-/m0/s1. The number of carboxylic acids is 1. The Morgan fingerprint density at radius 3 is 1.68 bits per heavy atom. The maximum absolute atomic E-state index is 12.8. The number of aliphatic carboxylic acids is 1. The van der Waals surface area contributed by atoms with E-state index in [4.69, 9.17) is 11.5 Å². The number of rotatable bonds is 14. The van der Waals surface area contributed by atoms with Gasteiger partial charge in [-0.3, -0.25) is 19.4 Å². The molecule has 0 spiro atoms. The van der Waals surface area contributed by atoms with Crippen LogP contribution in [0.1, 0.15) is 60.3 Å². The summed E-state index contributed by atoms with van der Waals surface area (Å²) in [7, 11) is 0. The number of hydrogen-bond acceptors (Lipinski definition) is 5. The zero-order chi connectivity index (χ0) is 24.1. The van der Waals surface area contributed by atoms with Crippen LogP contribution in [0.3, 0.4) is 0 Å². The van der Waals surface area contributed by atoms with Gasteiger partial charge in [0.15, 0.2) is 5.96 Å². The highest BCUT2D eigenvalue weighted by molar-refractivity contribution is 5.93. The molecular formula is C20H38N6O5. The van der Waals surface area contributed by atoms with Gasteiger partial charge in [-0.1, -0.05) is 27.7 Å². The minimum atomic E-state index is -1.19. The number of carbonyl (C=O) groups excluding carboxylic acids is 3. The Kier molecular flexibility index (Phi) is 12.9. The van der Waals surface area contributed by atoms with E-state index in [1.807, 2.05) is 27.7 Å². The lowest BCUT2D eigenvalue weighted by atomic mass is 9.99. The van der Waals surface area contributed by atoms with Gasteiger partial charge in [0.2, 0.25) is 17.7 Å². The van der Waals surface area contributed by atoms with Gasteiger partial charge in [0.1, 0.15) is 18.1 Å². The van der Waals surface area contributed by atoms with Gasteiger partial charge in [-0.15, -0.1) is 0 Å². The first-order chi connectivity index (χ1) is 14.3. The maximum Gasteiger partial charge on any atom is 0.326 e. The molecule has 0 aliphatic carbocycles. The molecule has 0 aromatic heterocycles. The van der Waals surface area contributed by atoms with Crippen molar-refractivity contribution in [1.29, 1.82) is 0 Å². The van der Waals surface area contributed by atoms with Crippen molar-refractivity contribution >= 4 is 29.7 Å². The quantitative estimate of drug-likeness (QED) is 0.121. The van der Waals surface area contributed by atoms with Crippen LogP contribution in [-0.2, 0) is 19.2 Å². The summed E-state index contributed by atoms with van der Waals surface area (Å²) in [5.74, 6) is -2.51. The maximum atomic E-state index is 12.8. The van der Waals surface area contributed by atoms with Crippen molar-refractivity contribution in [2.45, 2.75) is 78.4 Å². The molecule has 0 aromatic carbocycles. The van der Waals surface area contributed by atoms with Crippen LogP contribution in [-0.4, -0.2) is 59.4 Å². The summed E-state index contributed by atoms with van der Waals surface area (Å²) in [4.78, 5) is 52.3. The number of guanidine groups is 1. The number of amides is 3. The van der Waals surface area contributed by atoms with Crippen molar-refractivity contribution in [3.63, 3.8) is 0 Å². The van der Waals surface area contributed by atoms with Crippen LogP contribution >= 0.6 is 0 Å². The molecule has 0 rings (SSSR count). The predicted octanol–water partition coefficient (Wildman–Crippen LogP) is -0.309. The molecule has 0 fully saturated rings. The molecule has 1 unspecified atom stereocenters. The highest BCUT2D eigenvalue weighted by Gasteiger charge is 2.29. The monoisotopic (exact) mass is 442 g/mol. The first kappa shape index (κ1) is 28.1. The smallest absolute Gasteiger partial charge is 0.326 e. The Hall–Kier alpha value is -2.85. The first-order valence-electron chi connectivity index (χ1n) is 10.5. The van der Waals surface area contributed by atoms with Crippen LogP contribution < -0.4 is 27.4 Å². The van der Waals surface area contributed by atoms with Gasteiger partial charge in [0, 0.05) is 13.5 Å². The third-order valence-corrected chi connectivity index (χ3v) is 4.30. The van der Waals surface area contributed by atoms with E-state index in [2.05, 4.69) is 20.9 Å². The molecule has 178 valence electrons. The highest BCUT2D eigenvalue weighted by atomic mass is 16.4. The second-order valence-electron chi connectivity index (χ2n) is 8.42. The molecule has 8 N–H and O–H groups in total. The molecule has 0 aliphatic rings. The van der Waals surface area contributed by atoms with Gasteiger partial charge in [0.05, 0.1) is 0 Å². The van der Waals surface area contributed by atoms with E-state index < -0.39 is 35.9 Å². The summed E-state index contributed by atoms with van der Waals surface area (Å²) in [6.07, 6.45) is 1.20. The van der Waals surface area contributed by atoms with Crippen LogP contribution in [0.5, 0.6) is 0 Å². The third-order valence-electron chi connectivity index (χ3n) is 4.30. The van der Waals surface area contributed by atoms with Crippen molar-refractivity contribution in [3.05, 3.63) is 0 Å². The largest absolute Gasteiger partial charge is 0.480 e. The number of nitrogens with two attached hydrogens (primary N) is 2. The Bertz CT molecular complexity index is 646. The van der Waals surface area contributed by atoms with Crippen molar-refractivity contribution < 1.29 is 24.3 Å². The Balaban J connectivity index is 5.25. The molecule has 0 aliphatic heterocycles. The number of hydrogen-bond donors (Lipinski definition) is 6. The van der Waals surface area contributed by atoms with E-state index in [1.165, 1.54) is 6.92 Å². The summed E-state index contributed by atoms with van der Waals surface area (Å²) >= 11 is 0. The molecule has 0 bridgehead atoms. The molecule has 11 nitrogen and oxygen atoms in total. The topological polar surface area (TPSA) is 189 Å². The summed E-state index contributed by atoms with van der Waals surface area (Å²) in [5, 5.41) is 17.2. The first-order valence-corrected chi connectivity index (χ1v) is 10.5. The number of carbonyl (C=O) groups is 4. The predicted molar refractivity (Wildman–Crippen MR) is 118 cm³/mol. The van der Waals surface area contributed by atoms with Crippen LogP contribution in [0, 0.1) is 11.8 Å². The Labute approximate surface area is 183 Å². The van der Waals surface area contributed by atoms with Gasteiger partial charge in [-0.25, -0.2) is 4.79 Å². The molecular weight excluding hydrogens is 404 g/mol. The van der Waals surface area contributed by atoms with Crippen LogP contribution in [0.2, 0.25) is 0 Å². The average Bonchev–Trinajstić information content (AvgIpc) is 2.61. The van der Waals surface area contributed by atoms with E-state index in [0.717, 1.165) is 0 Å². The summed E-state index contributed by atoms with van der Waals surface area (Å²) in [6.45, 7) is 9.16. The van der Waals surface area contributed by atoms with Gasteiger partial charge < -0.3 is 32.5 Å². The van der Waals surface area contributed by atoms with E-state index >= 15 is 0 Å². The average molecular weight is 443 g/mol. The number of aliphatic imine (C=N–C) groups is 1. The number of nitrogens with one attached hydrogen (secondary N) is 3. The van der Waals surface area contributed by atoms with E-state index in [1.54, 1.807) is 0 Å². The van der Waals surface area contributed by atoms with Crippen LogP contribution in [0.25, 0.3) is 0 Å². The van der Waals surface area contributed by atoms with Crippen LogP contribution in [0.15, 0.2) is 4.99 Å². The number of carboxylic acid groups (broad SMARTS) is 1. The minimum Gasteiger partial charge on any atom is -0.480 e. The zero-order valence-corrected chi connectivity index (χ0v) is 19.1. The Morgan fingerprint density at radius 2 is 1.29 bits per heavy atom. The third kappa shape index (κ3) is 13.1. The highest BCUT2D eigenvalue weighted by Crippen LogP contribution is 2.10. The SMILES string of the molecule is CC(=O)N[C@@H](CC(C)C)C(=O)N[C@@H](CC(C)C)C(=O)NC(CCCN=C(N)N)C(=O)O. The second-order valence-corrected chi connectivity index (χ2v) is 8.42. The van der Waals surface area contributed by atoms with Crippen molar-refractivity contribution in [1.82, 2.24) is 16.0 Å². The minimum absolute atomic E-state index is 0.0607. The van der Waals surface area contributed by atoms with Gasteiger partial charge >= 0.3 is 5.97 Å². The van der Waals surface area contributed by atoms with Gasteiger partial charge in [0.25, 0.3) is 0 Å². The molecule has 11 heteroatoms. The normalized spacial score (nSPS) is 13.8. The molecule has 0 heterocycles. The lowest BCUT2D eigenvalue weighted by molar-refractivity contribution is -0.142. The van der Waals surface area contributed by atoms with Crippen LogP contribution in [0.4, 0.5) is 0 Å². The van der Waals surface area contributed by atoms with Gasteiger partial charge in [-0.2, -0.15) is 0 Å². The lowest BCUT2D eigenvalue weighted by Crippen LogP contribution is -2.56. The Morgan fingerprint density at radius 1 is 0.839 bits per heavy atom. The molecule has 3 atom stereocenters. The summed E-state index contributed by atoms with van der Waals surface area (Å²) < 4.78 is 0. The summed E-state index contributed by atoms with van der Waals surface area (Å²) in [6, 6.07) is -2.86. The zero-order valence-electron chi connectivity index (χ0n) is 19.1. The molecule has 31 heavy (non-hydrogen) atoms. The van der Waals surface area contributed by atoms with E-state index in [-0.39, 0.29) is 36.7 Å². The molecule has 0 aromatic rings. The fraction of sp³-hybridized carbons (Fsp3) is 0.750. The molecule has 0 radical (unpaired) electrons. The molecule has 0 saturated carbocycles. The summed E-state index contributed by atoms with van der Waals surface area (Å²) in [5.41, 5.74) is 10.5. The van der Waals surface area contributed by atoms with E-state index in [9.17, 15) is 24.3 Å². The fourth-order valence-electron chi connectivity index (χ4n) is 2.96. The molecule has 3 amide bonds. The lowest BCUT2D eigenvalue weighted by Gasteiger charge is -2.26. The van der Waals surface area contributed by atoms with Crippen molar-refractivity contribution in [2.75, 3.05) is 6.54 Å². The van der Waals surface area contributed by atoms with Gasteiger partial charge in [-0.05, 0) is 37.5 Å². The fourth-order valence-corrected chi connectivity index (χ4v) is 2.96. The second kappa shape index (κ2) is 14.2. The number of nitrogens with zero attached hydrogens (tertiary/aromatic N) is 1. The van der Waals surface area contributed by atoms with Crippen molar-refractivity contribution in [3.8, 4) is 0 Å². The molecule has 0 saturated heterocycles. The van der Waals surface area contributed by atoms with E-state index in [0.29, 0.717) is 19.3 Å².